The summed E-state index contributed by atoms with van der Waals surface area (Å²) in [6.45, 7) is 9.13. The van der Waals surface area contributed by atoms with Gasteiger partial charge >= 0.3 is 12.0 Å². The van der Waals surface area contributed by atoms with Crippen LogP contribution < -0.4 is 20.1 Å². The Hall–Kier alpha value is -4.00. The van der Waals surface area contributed by atoms with Gasteiger partial charge in [-0.2, -0.15) is 0 Å². The van der Waals surface area contributed by atoms with E-state index in [4.69, 9.17) is 14.2 Å². The number of nitrogens with one attached hydrogen (secondary N) is 2. The maximum absolute atomic E-state index is 12.8. The Balaban J connectivity index is 1.62. The fourth-order valence-electron chi connectivity index (χ4n) is 3.99. The molecule has 0 saturated carbocycles. The molecule has 0 aliphatic heterocycles. The van der Waals surface area contributed by atoms with Crippen molar-refractivity contribution < 1.29 is 23.8 Å². The lowest BCUT2D eigenvalue weighted by molar-refractivity contribution is 0.0600. The zero-order chi connectivity index (χ0) is 26.9. The van der Waals surface area contributed by atoms with E-state index >= 15 is 0 Å². The van der Waals surface area contributed by atoms with Gasteiger partial charge in [0.1, 0.15) is 6.61 Å². The van der Waals surface area contributed by atoms with Gasteiger partial charge in [0.15, 0.2) is 11.5 Å². The molecule has 7 heteroatoms. The maximum Gasteiger partial charge on any atom is 0.337 e. The molecule has 0 unspecified atom stereocenters. The van der Waals surface area contributed by atoms with E-state index in [1.54, 1.807) is 19.2 Å². The molecular weight excluding hydrogens is 468 g/mol. The van der Waals surface area contributed by atoms with Gasteiger partial charge in [0.2, 0.25) is 0 Å². The molecule has 0 spiro atoms. The standard InChI is InChI=1S/C30H36N2O5/c1-19(2)24-8-7-9-25(20(3)4)28(24)32-30(34)31-17-22-12-15-26(27(16-22)35-5)37-18-21-10-13-23(14-11-21)29(33)36-6/h7-16,19-20H,17-18H2,1-6H3,(H2,31,32,34). The highest BCUT2D eigenvalue weighted by atomic mass is 16.5. The van der Waals surface area contributed by atoms with Crippen molar-refractivity contribution in [1.82, 2.24) is 5.32 Å². The van der Waals surface area contributed by atoms with Crippen LogP contribution in [0.4, 0.5) is 10.5 Å². The Morgan fingerprint density at radius 2 is 1.43 bits per heavy atom. The number of para-hydroxylation sites is 1. The fraction of sp³-hybridized carbons (Fsp3) is 0.333. The predicted molar refractivity (Wildman–Crippen MR) is 146 cm³/mol. The Kier molecular flexibility index (Phi) is 9.55. The third-order valence-electron chi connectivity index (χ3n) is 6.06. The first-order valence-electron chi connectivity index (χ1n) is 12.4. The molecule has 196 valence electrons. The number of rotatable bonds is 10. The number of hydrogen-bond donors (Lipinski definition) is 2. The van der Waals surface area contributed by atoms with Gasteiger partial charge in [0, 0.05) is 12.2 Å². The van der Waals surface area contributed by atoms with Gasteiger partial charge in [-0.1, -0.05) is 64.1 Å². The summed E-state index contributed by atoms with van der Waals surface area (Å²) in [6, 6.07) is 18.5. The van der Waals surface area contributed by atoms with E-state index in [9.17, 15) is 9.59 Å². The van der Waals surface area contributed by atoms with Crippen LogP contribution in [-0.2, 0) is 17.9 Å². The molecule has 0 radical (unpaired) electrons. The second-order valence-electron chi connectivity index (χ2n) is 9.39. The minimum atomic E-state index is -0.378. The van der Waals surface area contributed by atoms with Gasteiger partial charge in [0.25, 0.3) is 0 Å². The molecule has 37 heavy (non-hydrogen) atoms. The monoisotopic (exact) mass is 504 g/mol. The third kappa shape index (κ3) is 7.26. The Morgan fingerprint density at radius 1 is 0.811 bits per heavy atom. The first-order valence-corrected chi connectivity index (χ1v) is 12.4. The summed E-state index contributed by atoms with van der Waals surface area (Å²) in [5.74, 6) is 1.35. The summed E-state index contributed by atoms with van der Waals surface area (Å²) >= 11 is 0. The lowest BCUT2D eigenvalue weighted by Crippen LogP contribution is -2.29. The molecular formula is C30H36N2O5. The average molecular weight is 505 g/mol. The molecule has 3 aromatic carbocycles. The maximum atomic E-state index is 12.8. The van der Waals surface area contributed by atoms with Crippen molar-refractivity contribution >= 4 is 17.7 Å². The molecule has 7 nitrogen and oxygen atoms in total. The van der Waals surface area contributed by atoms with Gasteiger partial charge in [0.05, 0.1) is 19.8 Å². The van der Waals surface area contributed by atoms with Crippen LogP contribution in [0, 0.1) is 0 Å². The number of hydrogen-bond acceptors (Lipinski definition) is 5. The molecule has 0 heterocycles. The Labute approximate surface area is 219 Å². The molecule has 0 aromatic heterocycles. The SMILES string of the molecule is COC(=O)c1ccc(COc2ccc(CNC(=O)Nc3c(C(C)C)cccc3C(C)C)cc2OC)cc1. The summed E-state index contributed by atoms with van der Waals surface area (Å²) < 4.78 is 16.2. The Bertz CT molecular complexity index is 1190. The third-order valence-corrected chi connectivity index (χ3v) is 6.06. The zero-order valence-corrected chi connectivity index (χ0v) is 22.4. The number of amides is 2. The zero-order valence-electron chi connectivity index (χ0n) is 22.4. The van der Waals surface area contributed by atoms with Crippen LogP contribution in [0.2, 0.25) is 0 Å². The highest BCUT2D eigenvalue weighted by Gasteiger charge is 2.16. The number of esters is 1. The predicted octanol–water partition coefficient (Wildman–Crippen LogP) is 6.63. The molecule has 0 aliphatic carbocycles. The van der Waals surface area contributed by atoms with Gasteiger partial charge in [-0.3, -0.25) is 0 Å². The molecule has 0 atom stereocenters. The highest BCUT2D eigenvalue weighted by molar-refractivity contribution is 5.91. The van der Waals surface area contributed by atoms with Crippen molar-refractivity contribution in [3.63, 3.8) is 0 Å². The number of benzene rings is 3. The lowest BCUT2D eigenvalue weighted by atomic mass is 9.93. The van der Waals surface area contributed by atoms with E-state index in [0.29, 0.717) is 30.2 Å². The lowest BCUT2D eigenvalue weighted by Gasteiger charge is -2.20. The van der Waals surface area contributed by atoms with Gasteiger partial charge in [-0.05, 0) is 58.4 Å². The van der Waals surface area contributed by atoms with Crippen LogP contribution in [0.1, 0.15) is 72.1 Å². The van der Waals surface area contributed by atoms with E-state index in [0.717, 1.165) is 27.9 Å². The van der Waals surface area contributed by atoms with E-state index in [2.05, 4.69) is 50.5 Å². The first kappa shape index (κ1) is 27.6. The van der Waals surface area contributed by atoms with Gasteiger partial charge in [-0.15, -0.1) is 0 Å². The number of urea groups is 1. The number of methoxy groups -OCH3 is 2. The van der Waals surface area contributed by atoms with Crippen molar-refractivity contribution in [1.29, 1.82) is 0 Å². The first-order chi connectivity index (χ1) is 17.7. The van der Waals surface area contributed by atoms with Crippen molar-refractivity contribution in [3.05, 3.63) is 88.5 Å². The molecule has 2 N–H and O–H groups in total. The van der Waals surface area contributed by atoms with Crippen LogP contribution in [0.5, 0.6) is 11.5 Å². The quantitative estimate of drug-likeness (QED) is 0.303. The van der Waals surface area contributed by atoms with E-state index < -0.39 is 0 Å². The minimum Gasteiger partial charge on any atom is -0.493 e. The number of carbonyl (C=O) groups is 2. The molecule has 3 aromatic rings. The summed E-state index contributed by atoms with van der Waals surface area (Å²) in [5.41, 5.74) is 5.38. The molecule has 2 amide bonds. The van der Waals surface area contributed by atoms with Gasteiger partial charge < -0.3 is 24.8 Å². The number of anilines is 1. The summed E-state index contributed by atoms with van der Waals surface area (Å²) in [4.78, 5) is 24.4. The molecule has 0 fully saturated rings. The second-order valence-corrected chi connectivity index (χ2v) is 9.39. The normalized spacial score (nSPS) is 10.8. The number of ether oxygens (including phenoxy) is 3. The molecule has 0 saturated heterocycles. The summed E-state index contributed by atoms with van der Waals surface area (Å²) in [7, 11) is 2.93. The van der Waals surface area contributed by atoms with Crippen molar-refractivity contribution in [2.24, 2.45) is 0 Å². The Morgan fingerprint density at radius 3 is 2.00 bits per heavy atom. The van der Waals surface area contributed by atoms with Crippen molar-refractivity contribution in [3.8, 4) is 11.5 Å². The van der Waals surface area contributed by atoms with E-state index in [1.807, 2.05) is 36.4 Å². The summed E-state index contributed by atoms with van der Waals surface area (Å²) in [5, 5.41) is 6.01. The van der Waals surface area contributed by atoms with Crippen LogP contribution >= 0.6 is 0 Å². The highest BCUT2D eigenvalue weighted by Crippen LogP contribution is 2.32. The second kappa shape index (κ2) is 12.8. The molecule has 0 bridgehead atoms. The largest absolute Gasteiger partial charge is 0.493 e. The van der Waals surface area contributed by atoms with Crippen LogP contribution in [0.15, 0.2) is 60.7 Å². The smallest absolute Gasteiger partial charge is 0.337 e. The molecule has 0 aliphatic rings. The van der Waals surface area contributed by atoms with E-state index in [1.165, 1.54) is 7.11 Å². The average Bonchev–Trinajstić information content (AvgIpc) is 2.90. The minimum absolute atomic E-state index is 0.260. The van der Waals surface area contributed by atoms with Crippen molar-refractivity contribution in [2.45, 2.75) is 52.7 Å². The molecule has 3 rings (SSSR count). The van der Waals surface area contributed by atoms with Crippen LogP contribution in [0.3, 0.4) is 0 Å². The number of carbonyl (C=O) groups excluding carboxylic acids is 2. The van der Waals surface area contributed by atoms with Gasteiger partial charge in [-0.25, -0.2) is 9.59 Å². The van der Waals surface area contributed by atoms with Crippen molar-refractivity contribution in [2.75, 3.05) is 19.5 Å². The topological polar surface area (TPSA) is 85.9 Å². The van der Waals surface area contributed by atoms with Crippen LogP contribution in [-0.4, -0.2) is 26.2 Å². The van der Waals surface area contributed by atoms with Crippen LogP contribution in [0.25, 0.3) is 0 Å². The summed E-state index contributed by atoms with van der Waals surface area (Å²) in [6.07, 6.45) is 0. The fourth-order valence-corrected chi connectivity index (χ4v) is 3.99. The van der Waals surface area contributed by atoms with E-state index in [-0.39, 0.29) is 23.8 Å².